The molecule has 0 bridgehead atoms. The second kappa shape index (κ2) is 8.20. The summed E-state index contributed by atoms with van der Waals surface area (Å²) in [4.78, 5) is 20.7. The van der Waals surface area contributed by atoms with E-state index in [1.165, 1.54) is 11.3 Å². The minimum absolute atomic E-state index is 0.0662. The van der Waals surface area contributed by atoms with Crippen LogP contribution in [0.2, 0.25) is 0 Å². The molecule has 2 heterocycles. The van der Waals surface area contributed by atoms with E-state index in [-0.39, 0.29) is 29.4 Å². The third-order valence-electron chi connectivity index (χ3n) is 3.63. The van der Waals surface area contributed by atoms with Gasteiger partial charge in [0, 0.05) is 29.8 Å². The number of carbonyl (C=O) groups is 1. The summed E-state index contributed by atoms with van der Waals surface area (Å²) in [5.74, 6) is -0.316. The summed E-state index contributed by atoms with van der Waals surface area (Å²) in [6.07, 6.45) is 3.76. The Labute approximate surface area is 155 Å². The van der Waals surface area contributed by atoms with Crippen LogP contribution in [0.25, 0.3) is 11.3 Å². The van der Waals surface area contributed by atoms with Crippen LogP contribution in [0.5, 0.6) is 0 Å². The summed E-state index contributed by atoms with van der Waals surface area (Å²) in [5, 5.41) is 5.04. The average Bonchev–Trinajstić information content (AvgIpc) is 3.11. The number of hydrogen-bond acceptors (Lipinski definition) is 6. The van der Waals surface area contributed by atoms with Crippen molar-refractivity contribution in [2.24, 2.45) is 0 Å². The number of nitrogens with zero attached hydrogens (tertiary/aromatic N) is 2. The summed E-state index contributed by atoms with van der Waals surface area (Å²) in [5.41, 5.74) is 1.61. The first-order valence-electron chi connectivity index (χ1n) is 7.98. The van der Waals surface area contributed by atoms with Crippen LogP contribution < -0.4 is 5.32 Å². The van der Waals surface area contributed by atoms with Gasteiger partial charge >= 0.3 is 0 Å². The number of anilines is 1. The van der Waals surface area contributed by atoms with Crippen molar-refractivity contribution in [3.63, 3.8) is 0 Å². The number of aromatic nitrogens is 2. The van der Waals surface area contributed by atoms with E-state index in [1.807, 2.05) is 17.5 Å². The number of hydrogen-bond donors (Lipinski definition) is 1. The number of sulfone groups is 1. The molecular formula is C18H17N3O3S2. The third-order valence-corrected chi connectivity index (χ3v) is 6.20. The highest BCUT2D eigenvalue weighted by atomic mass is 32.2. The van der Waals surface area contributed by atoms with Gasteiger partial charge in [0.15, 0.2) is 15.0 Å². The lowest BCUT2D eigenvalue weighted by molar-refractivity contribution is -0.116. The first-order valence-corrected chi connectivity index (χ1v) is 10.5. The molecule has 2 aromatic heterocycles. The van der Waals surface area contributed by atoms with Crippen LogP contribution in [0.4, 0.5) is 5.13 Å². The standard InChI is InChI=1S/C18H17N3O3S2/c22-17(9-5-11-26(23,24)15-7-2-1-3-8-15)21-18-20-16(13-25-18)14-6-4-10-19-12-14/h1-4,6-8,10,12-13H,5,9,11H2,(H,20,21,22). The quantitative estimate of drug-likeness (QED) is 0.671. The van der Waals surface area contributed by atoms with Crippen molar-refractivity contribution >= 4 is 32.2 Å². The number of carbonyl (C=O) groups excluding carboxylic acids is 1. The predicted octanol–water partition coefficient (Wildman–Crippen LogP) is 3.40. The minimum Gasteiger partial charge on any atom is -0.302 e. The Hall–Kier alpha value is -2.58. The molecule has 1 aromatic carbocycles. The van der Waals surface area contributed by atoms with Gasteiger partial charge in [-0.25, -0.2) is 13.4 Å². The van der Waals surface area contributed by atoms with Crippen LogP contribution >= 0.6 is 11.3 Å². The Kier molecular flexibility index (Phi) is 5.75. The van der Waals surface area contributed by atoms with E-state index in [0.717, 1.165) is 11.3 Å². The average molecular weight is 387 g/mol. The molecule has 26 heavy (non-hydrogen) atoms. The molecule has 0 unspecified atom stereocenters. The molecule has 3 rings (SSSR count). The van der Waals surface area contributed by atoms with E-state index in [2.05, 4.69) is 15.3 Å². The zero-order chi connectivity index (χ0) is 18.4. The van der Waals surface area contributed by atoms with Gasteiger partial charge in [-0.3, -0.25) is 9.78 Å². The van der Waals surface area contributed by atoms with E-state index in [0.29, 0.717) is 5.13 Å². The second-order valence-corrected chi connectivity index (χ2v) is 8.53. The topological polar surface area (TPSA) is 89.0 Å². The van der Waals surface area contributed by atoms with Gasteiger partial charge in [-0.1, -0.05) is 18.2 Å². The second-order valence-electron chi connectivity index (χ2n) is 5.56. The van der Waals surface area contributed by atoms with Crippen molar-refractivity contribution in [3.05, 3.63) is 60.2 Å². The SMILES string of the molecule is O=C(CCCS(=O)(=O)c1ccccc1)Nc1nc(-c2cccnc2)cs1. The van der Waals surface area contributed by atoms with Crippen LogP contribution in [-0.4, -0.2) is 30.0 Å². The maximum atomic E-state index is 12.2. The Balaban J connectivity index is 1.51. The van der Waals surface area contributed by atoms with Gasteiger partial charge in [0.1, 0.15) is 0 Å². The molecule has 0 aliphatic heterocycles. The van der Waals surface area contributed by atoms with Crippen molar-refractivity contribution in [1.29, 1.82) is 0 Å². The molecule has 1 amide bonds. The van der Waals surface area contributed by atoms with Gasteiger partial charge in [-0.2, -0.15) is 0 Å². The predicted molar refractivity (Wildman–Crippen MR) is 102 cm³/mol. The van der Waals surface area contributed by atoms with Crippen LogP contribution in [-0.2, 0) is 14.6 Å². The number of rotatable bonds is 7. The van der Waals surface area contributed by atoms with E-state index in [9.17, 15) is 13.2 Å². The Morgan fingerprint density at radius 3 is 2.65 bits per heavy atom. The van der Waals surface area contributed by atoms with Gasteiger partial charge in [-0.05, 0) is 30.7 Å². The van der Waals surface area contributed by atoms with E-state index < -0.39 is 9.84 Å². The van der Waals surface area contributed by atoms with Gasteiger partial charge in [-0.15, -0.1) is 11.3 Å². The van der Waals surface area contributed by atoms with E-state index in [4.69, 9.17) is 0 Å². The molecule has 0 aliphatic rings. The number of thiazole rings is 1. The Morgan fingerprint density at radius 1 is 1.12 bits per heavy atom. The highest BCUT2D eigenvalue weighted by Crippen LogP contribution is 2.24. The van der Waals surface area contributed by atoms with Crippen molar-refractivity contribution in [2.75, 3.05) is 11.1 Å². The maximum Gasteiger partial charge on any atom is 0.226 e. The largest absolute Gasteiger partial charge is 0.302 e. The lowest BCUT2D eigenvalue weighted by atomic mass is 10.2. The van der Waals surface area contributed by atoms with Gasteiger partial charge in [0.25, 0.3) is 0 Å². The number of amides is 1. The zero-order valence-electron chi connectivity index (χ0n) is 13.8. The smallest absolute Gasteiger partial charge is 0.226 e. The monoisotopic (exact) mass is 387 g/mol. The van der Waals surface area contributed by atoms with Gasteiger partial charge in [0.2, 0.25) is 5.91 Å². The van der Waals surface area contributed by atoms with Crippen LogP contribution in [0.1, 0.15) is 12.8 Å². The summed E-state index contributed by atoms with van der Waals surface area (Å²) < 4.78 is 24.4. The fraction of sp³-hybridized carbons (Fsp3) is 0.167. The molecule has 0 saturated carbocycles. The fourth-order valence-corrected chi connectivity index (χ4v) is 4.40. The van der Waals surface area contributed by atoms with Crippen molar-refractivity contribution in [1.82, 2.24) is 9.97 Å². The molecule has 8 heteroatoms. The van der Waals surface area contributed by atoms with Gasteiger partial charge in [0.05, 0.1) is 16.3 Å². The zero-order valence-corrected chi connectivity index (χ0v) is 15.5. The summed E-state index contributed by atoms with van der Waals surface area (Å²) >= 11 is 1.32. The van der Waals surface area contributed by atoms with Crippen LogP contribution in [0.3, 0.4) is 0 Å². The Bertz CT molecular complexity index is 971. The molecule has 0 spiro atoms. The number of pyridine rings is 1. The van der Waals surface area contributed by atoms with Crippen LogP contribution in [0.15, 0.2) is 65.1 Å². The molecule has 6 nitrogen and oxygen atoms in total. The highest BCUT2D eigenvalue weighted by Gasteiger charge is 2.15. The summed E-state index contributed by atoms with van der Waals surface area (Å²) in [6, 6.07) is 12.0. The maximum absolute atomic E-state index is 12.2. The summed E-state index contributed by atoms with van der Waals surface area (Å²) in [7, 11) is -3.36. The Morgan fingerprint density at radius 2 is 1.92 bits per heavy atom. The lowest BCUT2D eigenvalue weighted by Crippen LogP contribution is -2.14. The number of nitrogens with one attached hydrogen (secondary N) is 1. The molecular weight excluding hydrogens is 370 g/mol. The highest BCUT2D eigenvalue weighted by molar-refractivity contribution is 7.91. The molecule has 134 valence electrons. The van der Waals surface area contributed by atoms with Crippen molar-refractivity contribution in [3.8, 4) is 11.3 Å². The first-order chi connectivity index (χ1) is 12.5. The first kappa shape index (κ1) is 18.2. The molecule has 0 atom stereocenters. The molecule has 0 radical (unpaired) electrons. The molecule has 3 aromatic rings. The molecule has 0 fully saturated rings. The normalized spacial score (nSPS) is 11.2. The van der Waals surface area contributed by atoms with Crippen molar-refractivity contribution < 1.29 is 13.2 Å². The van der Waals surface area contributed by atoms with Crippen molar-refractivity contribution in [2.45, 2.75) is 17.7 Å². The van der Waals surface area contributed by atoms with E-state index in [1.54, 1.807) is 42.7 Å². The minimum atomic E-state index is -3.36. The van der Waals surface area contributed by atoms with Gasteiger partial charge < -0.3 is 5.32 Å². The fourth-order valence-electron chi connectivity index (χ4n) is 2.33. The number of benzene rings is 1. The lowest BCUT2D eigenvalue weighted by Gasteiger charge is -2.04. The molecule has 0 saturated heterocycles. The third kappa shape index (κ3) is 4.74. The van der Waals surface area contributed by atoms with Crippen LogP contribution in [0, 0.1) is 0 Å². The molecule has 0 aliphatic carbocycles. The van der Waals surface area contributed by atoms with E-state index >= 15 is 0 Å². The summed E-state index contributed by atoms with van der Waals surface area (Å²) in [6.45, 7) is 0. The molecule has 1 N–H and O–H groups in total.